The quantitative estimate of drug-likeness (QED) is 0.811. The summed E-state index contributed by atoms with van der Waals surface area (Å²) in [7, 11) is 0. The van der Waals surface area contributed by atoms with Gasteiger partial charge in [-0.25, -0.2) is 0 Å². The molecule has 0 spiro atoms. The van der Waals surface area contributed by atoms with Crippen molar-refractivity contribution < 1.29 is 9.21 Å². The van der Waals surface area contributed by atoms with Gasteiger partial charge < -0.3 is 14.2 Å². The number of anilines is 1. The molecule has 0 unspecified atom stereocenters. The second-order valence-electron chi connectivity index (χ2n) is 8.83. The molecule has 1 aromatic heterocycles. The molecule has 0 N–H and O–H groups in total. The summed E-state index contributed by atoms with van der Waals surface area (Å²) in [6, 6.07) is 2.16. The van der Waals surface area contributed by atoms with Crippen LogP contribution in [0.2, 0.25) is 0 Å². The van der Waals surface area contributed by atoms with Crippen LogP contribution in [0.1, 0.15) is 65.0 Å². The first-order valence-electron chi connectivity index (χ1n) is 9.74. The zero-order valence-electron chi connectivity index (χ0n) is 16.4. The van der Waals surface area contributed by atoms with E-state index in [4.69, 9.17) is 4.42 Å². The number of hydrogen-bond acceptors (Lipinski definition) is 5. The minimum absolute atomic E-state index is 0.0214. The molecule has 1 aromatic rings. The zero-order valence-corrected chi connectivity index (χ0v) is 16.4. The Morgan fingerprint density at radius 2 is 1.92 bits per heavy atom. The average molecular weight is 358 g/mol. The average Bonchev–Trinajstić information content (AvgIpc) is 3.07. The molecule has 1 amide bonds. The summed E-state index contributed by atoms with van der Waals surface area (Å²) in [5.41, 5.74) is 0.0779. The molecule has 2 aliphatic rings. The number of nitriles is 1. The number of carbonyl (C=O) groups excluding carboxylic acids is 1. The van der Waals surface area contributed by atoms with Crippen LogP contribution in [0.3, 0.4) is 0 Å². The summed E-state index contributed by atoms with van der Waals surface area (Å²) in [5, 5.41) is 9.46. The van der Waals surface area contributed by atoms with Gasteiger partial charge in [0.25, 0.3) is 0 Å². The molecule has 0 saturated carbocycles. The molecular weight excluding hydrogens is 328 g/mol. The van der Waals surface area contributed by atoms with E-state index in [1.165, 1.54) is 0 Å². The second-order valence-corrected chi connectivity index (χ2v) is 8.83. The molecule has 6 heteroatoms. The van der Waals surface area contributed by atoms with Crippen molar-refractivity contribution in [3.05, 3.63) is 11.6 Å². The topological polar surface area (TPSA) is 73.4 Å². The summed E-state index contributed by atoms with van der Waals surface area (Å²) in [5.74, 6) is 2.05. The van der Waals surface area contributed by atoms with E-state index < -0.39 is 0 Å². The molecule has 3 rings (SSSR count). The fourth-order valence-electron chi connectivity index (χ4n) is 3.77. The standard InChI is InChI=1S/C20H30N4O2/c1-14-7-10-23(11-8-14)17(25)15-6-5-9-24(13-15)18-16(12-21)22-19(26-18)20(2,3)4/h14-15H,5-11,13H2,1-4H3/t15-/m1/s1. The maximum Gasteiger partial charge on any atom is 0.234 e. The van der Waals surface area contributed by atoms with Crippen molar-refractivity contribution in [2.24, 2.45) is 11.8 Å². The van der Waals surface area contributed by atoms with Crippen LogP contribution in [0, 0.1) is 23.2 Å². The van der Waals surface area contributed by atoms with Gasteiger partial charge in [-0.15, -0.1) is 0 Å². The third-order valence-electron chi connectivity index (χ3n) is 5.51. The smallest absolute Gasteiger partial charge is 0.234 e. The molecule has 0 radical (unpaired) electrons. The first kappa shape index (κ1) is 18.8. The Morgan fingerprint density at radius 3 is 2.54 bits per heavy atom. The Hall–Kier alpha value is -2.03. The highest BCUT2D eigenvalue weighted by atomic mass is 16.4. The van der Waals surface area contributed by atoms with Crippen LogP contribution >= 0.6 is 0 Å². The number of carbonyl (C=O) groups is 1. The van der Waals surface area contributed by atoms with Crippen molar-refractivity contribution in [3.63, 3.8) is 0 Å². The highest BCUT2D eigenvalue weighted by Crippen LogP contribution is 2.32. The minimum atomic E-state index is -0.251. The Kier molecular flexibility index (Phi) is 5.27. The lowest BCUT2D eigenvalue weighted by molar-refractivity contribution is -0.137. The van der Waals surface area contributed by atoms with Crippen LogP contribution in [0.25, 0.3) is 0 Å². The van der Waals surface area contributed by atoms with Crippen LogP contribution in [-0.2, 0) is 10.2 Å². The first-order valence-corrected chi connectivity index (χ1v) is 9.74. The third kappa shape index (κ3) is 3.87. The van der Waals surface area contributed by atoms with Gasteiger partial charge in [-0.3, -0.25) is 4.79 Å². The number of rotatable bonds is 2. The molecule has 0 bridgehead atoms. The lowest BCUT2D eigenvalue weighted by Gasteiger charge is -2.37. The van der Waals surface area contributed by atoms with Gasteiger partial charge in [0.15, 0.2) is 0 Å². The third-order valence-corrected chi connectivity index (χ3v) is 5.51. The van der Waals surface area contributed by atoms with E-state index in [0.717, 1.165) is 45.3 Å². The van der Waals surface area contributed by atoms with E-state index in [0.29, 0.717) is 29.9 Å². The van der Waals surface area contributed by atoms with E-state index in [9.17, 15) is 10.1 Å². The maximum absolute atomic E-state index is 12.9. The normalized spacial score (nSPS) is 22.3. The van der Waals surface area contributed by atoms with Gasteiger partial charge in [0, 0.05) is 31.6 Å². The monoisotopic (exact) mass is 358 g/mol. The number of aromatic nitrogens is 1. The number of amides is 1. The molecule has 0 aliphatic carbocycles. The summed E-state index contributed by atoms with van der Waals surface area (Å²) in [4.78, 5) is 21.4. The molecule has 26 heavy (non-hydrogen) atoms. The minimum Gasteiger partial charge on any atom is -0.423 e. The van der Waals surface area contributed by atoms with Gasteiger partial charge in [0.1, 0.15) is 6.07 Å². The molecule has 2 saturated heterocycles. The molecule has 3 heterocycles. The largest absolute Gasteiger partial charge is 0.423 e. The Morgan fingerprint density at radius 1 is 1.23 bits per heavy atom. The van der Waals surface area contributed by atoms with Crippen molar-refractivity contribution in [2.45, 2.75) is 58.8 Å². The lowest BCUT2D eigenvalue weighted by Crippen LogP contribution is -2.47. The fourth-order valence-corrected chi connectivity index (χ4v) is 3.77. The van der Waals surface area contributed by atoms with E-state index in [-0.39, 0.29) is 17.2 Å². The molecule has 0 aromatic carbocycles. The van der Waals surface area contributed by atoms with Gasteiger partial charge in [0.05, 0.1) is 5.92 Å². The highest BCUT2D eigenvalue weighted by molar-refractivity contribution is 5.80. The summed E-state index contributed by atoms with van der Waals surface area (Å²) >= 11 is 0. The van der Waals surface area contributed by atoms with Crippen molar-refractivity contribution in [2.75, 3.05) is 31.1 Å². The van der Waals surface area contributed by atoms with Crippen LogP contribution in [0.5, 0.6) is 0 Å². The van der Waals surface area contributed by atoms with Crippen molar-refractivity contribution in [1.82, 2.24) is 9.88 Å². The Bertz CT molecular complexity index is 690. The fraction of sp³-hybridized carbons (Fsp3) is 0.750. The van der Waals surface area contributed by atoms with Crippen LogP contribution in [0.4, 0.5) is 5.88 Å². The zero-order chi connectivity index (χ0) is 18.9. The summed E-state index contributed by atoms with van der Waals surface area (Å²) in [6.07, 6.45) is 4.02. The highest BCUT2D eigenvalue weighted by Gasteiger charge is 2.34. The van der Waals surface area contributed by atoms with E-state index in [1.54, 1.807) is 0 Å². The molecular formula is C20H30N4O2. The number of oxazole rings is 1. The van der Waals surface area contributed by atoms with E-state index >= 15 is 0 Å². The first-order chi connectivity index (χ1) is 12.3. The van der Waals surface area contributed by atoms with Gasteiger partial charge in [-0.2, -0.15) is 10.2 Å². The lowest BCUT2D eigenvalue weighted by atomic mass is 9.93. The SMILES string of the molecule is CC1CCN(C(=O)[C@@H]2CCCN(c3oc(C(C)(C)C)nc3C#N)C2)CC1. The predicted octanol–water partition coefficient (Wildman–Crippen LogP) is 3.32. The maximum atomic E-state index is 12.9. The predicted molar refractivity (Wildman–Crippen MR) is 99.8 cm³/mol. The van der Waals surface area contributed by atoms with Crippen molar-refractivity contribution in [3.8, 4) is 6.07 Å². The number of piperidine rings is 2. The Labute approximate surface area is 156 Å². The van der Waals surface area contributed by atoms with Crippen molar-refractivity contribution in [1.29, 1.82) is 5.26 Å². The van der Waals surface area contributed by atoms with Crippen LogP contribution < -0.4 is 4.90 Å². The molecule has 2 fully saturated rings. The molecule has 1 atom stereocenters. The second kappa shape index (κ2) is 7.30. The van der Waals surface area contributed by atoms with E-state index in [1.807, 2.05) is 30.6 Å². The van der Waals surface area contributed by atoms with Gasteiger partial charge in [-0.1, -0.05) is 27.7 Å². The number of hydrogen-bond donors (Lipinski definition) is 0. The van der Waals surface area contributed by atoms with Gasteiger partial charge in [0.2, 0.25) is 23.4 Å². The van der Waals surface area contributed by atoms with Gasteiger partial charge >= 0.3 is 0 Å². The Balaban J connectivity index is 1.74. The summed E-state index contributed by atoms with van der Waals surface area (Å²) < 4.78 is 5.96. The summed E-state index contributed by atoms with van der Waals surface area (Å²) in [6.45, 7) is 11.5. The molecule has 142 valence electrons. The number of nitrogens with zero attached hydrogens (tertiary/aromatic N) is 4. The van der Waals surface area contributed by atoms with Crippen molar-refractivity contribution >= 4 is 11.8 Å². The molecule has 2 aliphatic heterocycles. The van der Waals surface area contributed by atoms with E-state index in [2.05, 4.69) is 18.0 Å². The van der Waals surface area contributed by atoms with Crippen LogP contribution in [-0.4, -0.2) is 42.0 Å². The van der Waals surface area contributed by atoms with Crippen LogP contribution in [0.15, 0.2) is 4.42 Å². The van der Waals surface area contributed by atoms with Gasteiger partial charge in [-0.05, 0) is 31.6 Å². The molecule has 6 nitrogen and oxygen atoms in total. The number of likely N-dealkylation sites (tertiary alicyclic amines) is 1.